The highest BCUT2D eigenvalue weighted by Crippen LogP contribution is 2.25. The Hall–Kier alpha value is -2.26. The van der Waals surface area contributed by atoms with Crippen molar-refractivity contribution in [1.29, 1.82) is 5.26 Å². The van der Waals surface area contributed by atoms with Gasteiger partial charge in [-0.15, -0.1) is 0 Å². The molecule has 0 atom stereocenters. The number of nitrogens with zero attached hydrogens (tertiary/aromatic N) is 1. The first-order valence-corrected chi connectivity index (χ1v) is 6.18. The minimum Gasteiger partial charge on any atom is -0.493 e. The molecule has 0 saturated carbocycles. The average Bonchev–Trinajstić information content (AvgIpc) is 2.44. The number of rotatable bonds is 9. The topological polar surface area (TPSA) is 88.8 Å². The number of carboxylic acid groups (broad SMARTS) is 1. The summed E-state index contributed by atoms with van der Waals surface area (Å²) in [5.74, 6) is -0.419. The Labute approximate surface area is 117 Å². The third kappa shape index (κ3) is 5.16. The Morgan fingerprint density at radius 3 is 2.70 bits per heavy atom. The van der Waals surface area contributed by atoms with Crippen molar-refractivity contribution in [2.45, 2.75) is 12.8 Å². The summed E-state index contributed by atoms with van der Waals surface area (Å²) in [5, 5.41) is 17.5. The second-order valence-corrected chi connectivity index (χ2v) is 3.96. The van der Waals surface area contributed by atoms with Crippen molar-refractivity contribution in [3.05, 3.63) is 23.8 Å². The lowest BCUT2D eigenvalue weighted by Crippen LogP contribution is -2.06. The van der Waals surface area contributed by atoms with E-state index >= 15 is 0 Å². The number of ether oxygens (including phenoxy) is 3. The van der Waals surface area contributed by atoms with Gasteiger partial charge in [0.15, 0.2) is 6.61 Å². The number of benzene rings is 1. The summed E-state index contributed by atoms with van der Waals surface area (Å²) in [6, 6.07) is 6.23. The van der Waals surface area contributed by atoms with Crippen molar-refractivity contribution in [2.24, 2.45) is 0 Å². The lowest BCUT2D eigenvalue weighted by Gasteiger charge is -2.11. The number of carboxylic acids is 1. The number of methoxy groups -OCH3 is 1. The number of hydrogen-bond acceptors (Lipinski definition) is 5. The summed E-state index contributed by atoms with van der Waals surface area (Å²) in [6.07, 6.45) is 1.60. The van der Waals surface area contributed by atoms with Crippen LogP contribution in [0, 0.1) is 11.3 Å². The van der Waals surface area contributed by atoms with Gasteiger partial charge in [-0.2, -0.15) is 5.26 Å². The van der Waals surface area contributed by atoms with Gasteiger partial charge in [0.05, 0.1) is 6.61 Å². The first kappa shape index (κ1) is 15.8. The van der Waals surface area contributed by atoms with E-state index < -0.39 is 5.97 Å². The standard InChI is InChI=1S/C14H17NO5/c1-18-7-2-3-8-20-13-10-11(19-9-6-15)4-5-12(13)14(16)17/h4-5,10H,2-3,7-9H2,1H3,(H,16,17). The fourth-order valence-corrected chi connectivity index (χ4v) is 1.53. The molecule has 0 unspecified atom stereocenters. The maximum Gasteiger partial charge on any atom is 0.339 e. The maximum atomic E-state index is 11.1. The molecule has 0 bridgehead atoms. The molecule has 108 valence electrons. The zero-order valence-electron chi connectivity index (χ0n) is 11.3. The van der Waals surface area contributed by atoms with Crippen LogP contribution in [-0.4, -0.2) is 38.0 Å². The summed E-state index contributed by atoms with van der Waals surface area (Å²) < 4.78 is 15.5. The first-order chi connectivity index (χ1) is 9.69. The van der Waals surface area contributed by atoms with Gasteiger partial charge < -0.3 is 19.3 Å². The molecule has 0 saturated heterocycles. The van der Waals surface area contributed by atoms with Crippen molar-refractivity contribution < 1.29 is 24.1 Å². The minimum atomic E-state index is -1.07. The van der Waals surface area contributed by atoms with Gasteiger partial charge in [-0.3, -0.25) is 0 Å². The molecule has 0 spiro atoms. The molecule has 1 N–H and O–H groups in total. The van der Waals surface area contributed by atoms with E-state index in [1.54, 1.807) is 7.11 Å². The smallest absolute Gasteiger partial charge is 0.339 e. The fraction of sp³-hybridized carbons (Fsp3) is 0.429. The average molecular weight is 279 g/mol. The normalized spacial score (nSPS) is 9.80. The van der Waals surface area contributed by atoms with E-state index in [0.29, 0.717) is 19.0 Å². The highest BCUT2D eigenvalue weighted by molar-refractivity contribution is 5.91. The summed E-state index contributed by atoms with van der Waals surface area (Å²) >= 11 is 0. The summed E-state index contributed by atoms with van der Waals surface area (Å²) in [7, 11) is 1.62. The Morgan fingerprint density at radius 1 is 1.30 bits per heavy atom. The van der Waals surface area contributed by atoms with Gasteiger partial charge in [0.2, 0.25) is 0 Å². The molecule has 0 heterocycles. The largest absolute Gasteiger partial charge is 0.493 e. The van der Waals surface area contributed by atoms with Crippen LogP contribution in [0.2, 0.25) is 0 Å². The molecule has 0 aromatic heterocycles. The predicted octanol–water partition coefficient (Wildman–Crippen LogP) is 2.09. The lowest BCUT2D eigenvalue weighted by atomic mass is 10.2. The van der Waals surface area contributed by atoms with Crippen molar-refractivity contribution in [2.75, 3.05) is 26.9 Å². The van der Waals surface area contributed by atoms with Crippen LogP contribution in [0.3, 0.4) is 0 Å². The van der Waals surface area contributed by atoms with E-state index in [-0.39, 0.29) is 17.9 Å². The molecule has 0 radical (unpaired) electrons. The van der Waals surface area contributed by atoms with Crippen molar-refractivity contribution in [1.82, 2.24) is 0 Å². The van der Waals surface area contributed by atoms with Crippen LogP contribution in [0.1, 0.15) is 23.2 Å². The van der Waals surface area contributed by atoms with Crippen LogP contribution in [0.25, 0.3) is 0 Å². The Balaban J connectivity index is 2.68. The van der Waals surface area contributed by atoms with Gasteiger partial charge in [0.25, 0.3) is 0 Å². The van der Waals surface area contributed by atoms with Crippen LogP contribution in [0.4, 0.5) is 0 Å². The van der Waals surface area contributed by atoms with Gasteiger partial charge >= 0.3 is 5.97 Å². The molecule has 1 aromatic rings. The zero-order valence-corrected chi connectivity index (χ0v) is 11.3. The molecule has 6 nitrogen and oxygen atoms in total. The van der Waals surface area contributed by atoms with Crippen molar-refractivity contribution in [3.8, 4) is 17.6 Å². The van der Waals surface area contributed by atoms with Crippen LogP contribution >= 0.6 is 0 Å². The second-order valence-electron chi connectivity index (χ2n) is 3.96. The number of nitriles is 1. The Bertz CT molecular complexity index is 481. The van der Waals surface area contributed by atoms with Gasteiger partial charge in [-0.25, -0.2) is 4.79 Å². The van der Waals surface area contributed by atoms with E-state index in [1.807, 2.05) is 6.07 Å². The quantitative estimate of drug-likeness (QED) is 0.696. The monoisotopic (exact) mass is 279 g/mol. The van der Waals surface area contributed by atoms with E-state index in [4.69, 9.17) is 24.6 Å². The summed E-state index contributed by atoms with van der Waals surface area (Å²) in [5.41, 5.74) is 0.0704. The lowest BCUT2D eigenvalue weighted by molar-refractivity contribution is 0.0692. The van der Waals surface area contributed by atoms with E-state index in [1.165, 1.54) is 18.2 Å². The van der Waals surface area contributed by atoms with Crippen LogP contribution in [0.5, 0.6) is 11.5 Å². The SMILES string of the molecule is COCCCCOc1cc(OCC#N)ccc1C(=O)O. The second kappa shape index (κ2) is 8.77. The highest BCUT2D eigenvalue weighted by Gasteiger charge is 2.12. The molecule has 0 aliphatic heterocycles. The highest BCUT2D eigenvalue weighted by atomic mass is 16.5. The molecule has 0 aliphatic rings. The number of unbranched alkanes of at least 4 members (excludes halogenated alkanes) is 1. The summed E-state index contributed by atoms with van der Waals surface area (Å²) in [4.78, 5) is 11.1. The number of aromatic carboxylic acids is 1. The molecule has 0 fully saturated rings. The molecule has 1 aromatic carbocycles. The molecule has 0 aliphatic carbocycles. The van der Waals surface area contributed by atoms with Gasteiger partial charge in [0.1, 0.15) is 23.1 Å². The maximum absolute atomic E-state index is 11.1. The third-order valence-electron chi connectivity index (χ3n) is 2.49. The van der Waals surface area contributed by atoms with Gasteiger partial charge in [0, 0.05) is 19.8 Å². The van der Waals surface area contributed by atoms with Crippen LogP contribution in [0.15, 0.2) is 18.2 Å². The molecule has 0 amide bonds. The molecular formula is C14H17NO5. The number of carbonyl (C=O) groups is 1. The fourth-order valence-electron chi connectivity index (χ4n) is 1.53. The van der Waals surface area contributed by atoms with Crippen molar-refractivity contribution in [3.63, 3.8) is 0 Å². The van der Waals surface area contributed by atoms with E-state index in [9.17, 15) is 4.79 Å². The minimum absolute atomic E-state index is 0.0704. The Kier molecular flexibility index (Phi) is 6.93. The van der Waals surface area contributed by atoms with E-state index in [0.717, 1.165) is 12.8 Å². The molecule has 6 heteroatoms. The van der Waals surface area contributed by atoms with Crippen molar-refractivity contribution >= 4 is 5.97 Å². The summed E-state index contributed by atoms with van der Waals surface area (Å²) in [6.45, 7) is 0.936. The third-order valence-corrected chi connectivity index (χ3v) is 2.49. The van der Waals surface area contributed by atoms with Gasteiger partial charge in [-0.1, -0.05) is 0 Å². The predicted molar refractivity (Wildman–Crippen MR) is 71.1 cm³/mol. The van der Waals surface area contributed by atoms with Gasteiger partial charge in [-0.05, 0) is 25.0 Å². The Morgan fingerprint density at radius 2 is 2.05 bits per heavy atom. The molecule has 1 rings (SSSR count). The zero-order chi connectivity index (χ0) is 14.8. The van der Waals surface area contributed by atoms with Crippen LogP contribution < -0.4 is 9.47 Å². The van der Waals surface area contributed by atoms with Crippen LogP contribution in [-0.2, 0) is 4.74 Å². The van der Waals surface area contributed by atoms with E-state index in [2.05, 4.69) is 0 Å². The number of hydrogen-bond donors (Lipinski definition) is 1. The molecule has 20 heavy (non-hydrogen) atoms. The molecular weight excluding hydrogens is 262 g/mol. The first-order valence-electron chi connectivity index (χ1n) is 6.18.